The molecule has 1 N–H and O–H groups in total. The molecule has 0 amide bonds. The normalized spacial score (nSPS) is 11.1. The minimum Gasteiger partial charge on any atom is -0.373 e. The van der Waals surface area contributed by atoms with E-state index in [9.17, 15) is 0 Å². The molecular formula is C11H19N3S. The number of aromatic nitrogens is 2. The van der Waals surface area contributed by atoms with Crippen molar-refractivity contribution in [1.82, 2.24) is 9.97 Å². The summed E-state index contributed by atoms with van der Waals surface area (Å²) in [4.78, 5) is 8.61. The number of nitrogens with one attached hydrogen (secondary N) is 1. The zero-order valence-corrected chi connectivity index (χ0v) is 10.9. The average Bonchev–Trinajstić information content (AvgIpc) is 2.15. The van der Waals surface area contributed by atoms with Crippen LogP contribution in [0, 0.1) is 0 Å². The molecule has 0 aromatic carbocycles. The summed E-state index contributed by atoms with van der Waals surface area (Å²) in [5, 5.41) is 4.77. The van der Waals surface area contributed by atoms with Crippen molar-refractivity contribution >= 4 is 17.6 Å². The molecule has 0 saturated heterocycles. The summed E-state index contributed by atoms with van der Waals surface area (Å²) in [5.41, 5.74) is 1.22. The van der Waals surface area contributed by atoms with Gasteiger partial charge in [0.1, 0.15) is 17.2 Å². The first kappa shape index (κ1) is 12.3. The van der Waals surface area contributed by atoms with Crippen molar-refractivity contribution in [3.8, 4) is 0 Å². The molecule has 0 saturated carbocycles. The van der Waals surface area contributed by atoms with Gasteiger partial charge in [-0.1, -0.05) is 27.7 Å². The summed E-state index contributed by atoms with van der Waals surface area (Å²) in [7, 11) is 1.90. The van der Waals surface area contributed by atoms with Crippen molar-refractivity contribution in [2.75, 3.05) is 12.4 Å². The maximum absolute atomic E-state index is 4.36. The molecule has 15 heavy (non-hydrogen) atoms. The van der Waals surface area contributed by atoms with Crippen molar-refractivity contribution in [1.29, 1.82) is 0 Å². The van der Waals surface area contributed by atoms with Gasteiger partial charge in [0.2, 0.25) is 0 Å². The number of hydrogen-bond acceptors (Lipinski definition) is 4. The van der Waals surface area contributed by atoms with Gasteiger partial charge in [-0.2, -0.15) is 0 Å². The van der Waals surface area contributed by atoms with E-state index in [0.29, 0.717) is 11.2 Å². The Hall–Kier alpha value is -0.770. The Morgan fingerprint density at radius 3 is 2.33 bits per heavy atom. The van der Waals surface area contributed by atoms with Crippen LogP contribution in [0.1, 0.15) is 39.2 Å². The van der Waals surface area contributed by atoms with Gasteiger partial charge in [0.05, 0.1) is 0 Å². The molecule has 0 radical (unpaired) electrons. The summed E-state index contributed by atoms with van der Waals surface area (Å²) in [6.07, 6.45) is 1.63. The van der Waals surface area contributed by atoms with Crippen LogP contribution in [0.3, 0.4) is 0 Å². The van der Waals surface area contributed by atoms with E-state index in [4.69, 9.17) is 0 Å². The fourth-order valence-electron chi connectivity index (χ4n) is 1.42. The van der Waals surface area contributed by atoms with Crippen molar-refractivity contribution in [3.05, 3.63) is 11.9 Å². The third-order valence-electron chi connectivity index (χ3n) is 2.01. The smallest absolute Gasteiger partial charge is 0.133 e. The fourth-order valence-corrected chi connectivity index (χ4v) is 2.43. The predicted molar refractivity (Wildman–Crippen MR) is 66.7 cm³/mol. The standard InChI is InChI=1S/C11H19N3S/c1-7(2)9-10(12-5)13-6-14-11(9)15-8(3)4/h6-8H,1-5H3,(H,12,13,14). The van der Waals surface area contributed by atoms with Crippen LogP contribution in [0.25, 0.3) is 0 Å². The van der Waals surface area contributed by atoms with Gasteiger partial charge in [0, 0.05) is 17.9 Å². The van der Waals surface area contributed by atoms with Gasteiger partial charge >= 0.3 is 0 Å². The Morgan fingerprint density at radius 2 is 1.87 bits per heavy atom. The van der Waals surface area contributed by atoms with E-state index in [0.717, 1.165) is 10.8 Å². The Morgan fingerprint density at radius 1 is 1.20 bits per heavy atom. The molecule has 1 heterocycles. The quantitative estimate of drug-likeness (QED) is 0.631. The number of thioether (sulfide) groups is 1. The fraction of sp³-hybridized carbons (Fsp3) is 0.636. The third kappa shape index (κ3) is 3.09. The van der Waals surface area contributed by atoms with Crippen molar-refractivity contribution < 1.29 is 0 Å². The second-order valence-electron chi connectivity index (χ2n) is 4.01. The molecule has 1 aromatic heterocycles. The zero-order valence-electron chi connectivity index (χ0n) is 10.0. The lowest BCUT2D eigenvalue weighted by atomic mass is 10.1. The van der Waals surface area contributed by atoms with E-state index in [1.165, 1.54) is 5.56 Å². The van der Waals surface area contributed by atoms with E-state index in [1.807, 2.05) is 7.05 Å². The Bertz CT molecular complexity index is 324. The predicted octanol–water partition coefficient (Wildman–Crippen LogP) is 3.14. The molecule has 84 valence electrons. The van der Waals surface area contributed by atoms with Crippen LogP contribution in [0.5, 0.6) is 0 Å². The largest absolute Gasteiger partial charge is 0.373 e. The molecule has 0 fully saturated rings. The topological polar surface area (TPSA) is 37.8 Å². The van der Waals surface area contributed by atoms with Crippen molar-refractivity contribution in [3.63, 3.8) is 0 Å². The Labute approximate surface area is 96.1 Å². The molecule has 3 nitrogen and oxygen atoms in total. The average molecular weight is 225 g/mol. The molecule has 0 bridgehead atoms. The number of nitrogens with zero attached hydrogens (tertiary/aromatic N) is 2. The highest BCUT2D eigenvalue weighted by molar-refractivity contribution is 7.99. The molecule has 0 spiro atoms. The first-order chi connectivity index (χ1) is 7.06. The molecule has 0 unspecified atom stereocenters. The second-order valence-corrected chi connectivity index (χ2v) is 5.58. The Kier molecular flexibility index (Phi) is 4.39. The molecule has 1 rings (SSSR count). The van der Waals surface area contributed by atoms with Gasteiger partial charge in [-0.05, 0) is 5.92 Å². The van der Waals surface area contributed by atoms with E-state index in [1.54, 1.807) is 18.1 Å². The molecule has 0 aliphatic carbocycles. The van der Waals surface area contributed by atoms with Crippen molar-refractivity contribution in [2.45, 2.75) is 43.9 Å². The zero-order chi connectivity index (χ0) is 11.4. The highest BCUT2D eigenvalue weighted by Crippen LogP contribution is 2.32. The van der Waals surface area contributed by atoms with E-state index in [-0.39, 0.29) is 0 Å². The maximum Gasteiger partial charge on any atom is 0.133 e. The summed E-state index contributed by atoms with van der Waals surface area (Å²) in [6, 6.07) is 0. The highest BCUT2D eigenvalue weighted by atomic mass is 32.2. The maximum atomic E-state index is 4.36. The van der Waals surface area contributed by atoms with Gasteiger partial charge in [-0.25, -0.2) is 9.97 Å². The second kappa shape index (κ2) is 5.35. The van der Waals surface area contributed by atoms with Crippen LogP contribution >= 0.6 is 11.8 Å². The monoisotopic (exact) mass is 225 g/mol. The van der Waals surface area contributed by atoms with Crippen LogP contribution in [0.15, 0.2) is 11.4 Å². The summed E-state index contributed by atoms with van der Waals surface area (Å²) in [6.45, 7) is 8.69. The lowest BCUT2D eigenvalue weighted by Crippen LogP contribution is -2.05. The van der Waals surface area contributed by atoms with E-state index in [2.05, 4.69) is 43.0 Å². The van der Waals surface area contributed by atoms with Crippen molar-refractivity contribution in [2.24, 2.45) is 0 Å². The lowest BCUT2D eigenvalue weighted by Gasteiger charge is -2.15. The lowest BCUT2D eigenvalue weighted by molar-refractivity contribution is 0.804. The Balaban J connectivity index is 3.13. The number of rotatable bonds is 4. The number of anilines is 1. The minimum atomic E-state index is 0.440. The number of hydrogen-bond donors (Lipinski definition) is 1. The molecular weight excluding hydrogens is 206 g/mol. The summed E-state index contributed by atoms with van der Waals surface area (Å²) >= 11 is 1.79. The van der Waals surface area contributed by atoms with Crippen LogP contribution in [-0.2, 0) is 0 Å². The van der Waals surface area contributed by atoms with Crippen LogP contribution in [0.4, 0.5) is 5.82 Å². The molecule has 4 heteroatoms. The first-order valence-corrected chi connectivity index (χ1v) is 6.13. The van der Waals surface area contributed by atoms with Gasteiger partial charge in [-0.3, -0.25) is 0 Å². The van der Waals surface area contributed by atoms with Gasteiger partial charge in [0.25, 0.3) is 0 Å². The molecule has 0 aliphatic heterocycles. The molecule has 0 aliphatic rings. The van der Waals surface area contributed by atoms with Crippen LogP contribution < -0.4 is 5.32 Å². The van der Waals surface area contributed by atoms with E-state index < -0.39 is 0 Å². The molecule has 0 atom stereocenters. The van der Waals surface area contributed by atoms with E-state index >= 15 is 0 Å². The summed E-state index contributed by atoms with van der Waals surface area (Å²) < 4.78 is 0. The highest BCUT2D eigenvalue weighted by Gasteiger charge is 2.15. The van der Waals surface area contributed by atoms with Gasteiger partial charge in [0.15, 0.2) is 0 Å². The van der Waals surface area contributed by atoms with Crippen LogP contribution in [0.2, 0.25) is 0 Å². The SMILES string of the molecule is CNc1ncnc(SC(C)C)c1C(C)C. The van der Waals surface area contributed by atoms with Crippen LogP contribution in [-0.4, -0.2) is 22.3 Å². The van der Waals surface area contributed by atoms with Gasteiger partial charge < -0.3 is 5.32 Å². The molecule has 1 aromatic rings. The minimum absolute atomic E-state index is 0.440. The first-order valence-electron chi connectivity index (χ1n) is 5.25. The third-order valence-corrected chi connectivity index (χ3v) is 3.03. The van der Waals surface area contributed by atoms with Gasteiger partial charge in [-0.15, -0.1) is 11.8 Å². The summed E-state index contributed by atoms with van der Waals surface area (Å²) in [5.74, 6) is 1.39.